The van der Waals surface area contributed by atoms with Crippen molar-refractivity contribution in [3.8, 4) is 6.07 Å². The molecule has 2 aromatic rings. The van der Waals surface area contributed by atoms with Crippen molar-refractivity contribution in [1.29, 1.82) is 5.26 Å². The lowest BCUT2D eigenvalue weighted by molar-refractivity contribution is 0.101. The number of nitriles is 1. The lowest BCUT2D eigenvalue weighted by atomic mass is 10.1. The predicted octanol–water partition coefficient (Wildman–Crippen LogP) is 3.08. The van der Waals surface area contributed by atoms with Crippen LogP contribution in [0.25, 0.3) is 0 Å². The van der Waals surface area contributed by atoms with Crippen LogP contribution in [0.3, 0.4) is 0 Å². The van der Waals surface area contributed by atoms with Crippen LogP contribution in [0.4, 0.5) is 5.69 Å². The Hall–Kier alpha value is -2.64. The van der Waals surface area contributed by atoms with E-state index in [1.54, 1.807) is 6.92 Å². The quantitative estimate of drug-likeness (QED) is 0.813. The maximum absolute atomic E-state index is 11.4. The second-order valence-corrected chi connectivity index (χ2v) is 6.14. The molecule has 0 N–H and O–H groups in total. The number of hydrogen-bond acceptors (Lipinski definition) is 4. The zero-order valence-electron chi connectivity index (χ0n) is 13.9. The lowest BCUT2D eigenvalue weighted by Gasteiger charge is -2.36. The third kappa shape index (κ3) is 3.64. The number of carbonyl (C=O) groups is 1. The molecule has 3 rings (SSSR count). The molecule has 1 fully saturated rings. The van der Waals surface area contributed by atoms with Crippen molar-refractivity contribution in [2.75, 3.05) is 31.1 Å². The van der Waals surface area contributed by atoms with Crippen LogP contribution in [-0.4, -0.2) is 36.9 Å². The molecule has 0 bridgehead atoms. The number of piperazine rings is 1. The average molecular weight is 319 g/mol. The smallest absolute Gasteiger partial charge is 0.159 e. The molecule has 0 aromatic heterocycles. The molecular formula is C20H21N3O. The summed E-state index contributed by atoms with van der Waals surface area (Å²) in [5.41, 5.74) is 3.78. The average Bonchev–Trinajstić information content (AvgIpc) is 2.63. The first kappa shape index (κ1) is 16.2. The molecule has 24 heavy (non-hydrogen) atoms. The minimum atomic E-state index is 0.0996. The Morgan fingerprint density at radius 3 is 2.33 bits per heavy atom. The standard InChI is InChI=1S/C20H21N3O/c1-16(24)17-6-8-20(9-7-17)23-12-10-22(11-13-23)15-19-5-3-2-4-18(19)14-21/h2-9H,10-13,15H2,1H3. The van der Waals surface area contributed by atoms with Crippen molar-refractivity contribution in [1.82, 2.24) is 4.90 Å². The van der Waals surface area contributed by atoms with Gasteiger partial charge in [0.05, 0.1) is 11.6 Å². The highest BCUT2D eigenvalue weighted by Gasteiger charge is 2.18. The molecule has 4 heteroatoms. The summed E-state index contributed by atoms with van der Waals surface area (Å²) < 4.78 is 0. The van der Waals surface area contributed by atoms with Crippen molar-refractivity contribution >= 4 is 11.5 Å². The molecule has 1 aliphatic rings. The number of ketones is 1. The van der Waals surface area contributed by atoms with Crippen molar-refractivity contribution in [2.24, 2.45) is 0 Å². The van der Waals surface area contributed by atoms with Gasteiger partial charge in [-0.15, -0.1) is 0 Å². The minimum Gasteiger partial charge on any atom is -0.369 e. The van der Waals surface area contributed by atoms with Crippen molar-refractivity contribution in [3.63, 3.8) is 0 Å². The molecule has 0 spiro atoms. The van der Waals surface area contributed by atoms with E-state index in [1.807, 2.05) is 48.5 Å². The Morgan fingerprint density at radius 1 is 1.04 bits per heavy atom. The summed E-state index contributed by atoms with van der Waals surface area (Å²) in [7, 11) is 0. The van der Waals surface area contributed by atoms with E-state index in [-0.39, 0.29) is 5.78 Å². The number of rotatable bonds is 4. The molecular weight excluding hydrogens is 298 g/mol. The summed E-state index contributed by atoms with van der Waals surface area (Å²) in [5, 5.41) is 9.20. The van der Waals surface area contributed by atoms with Gasteiger partial charge in [-0.25, -0.2) is 0 Å². The van der Waals surface area contributed by atoms with E-state index in [0.717, 1.165) is 55.1 Å². The third-order valence-corrected chi connectivity index (χ3v) is 4.54. The van der Waals surface area contributed by atoms with Gasteiger partial charge in [0, 0.05) is 44.0 Å². The maximum atomic E-state index is 11.4. The van der Waals surface area contributed by atoms with Gasteiger partial charge >= 0.3 is 0 Å². The van der Waals surface area contributed by atoms with E-state index in [9.17, 15) is 10.1 Å². The minimum absolute atomic E-state index is 0.0996. The number of Topliss-reactive ketones (excluding diaryl/α,β-unsaturated/α-hetero) is 1. The highest BCUT2D eigenvalue weighted by Crippen LogP contribution is 2.19. The molecule has 2 aromatic carbocycles. The molecule has 1 aliphatic heterocycles. The summed E-state index contributed by atoms with van der Waals surface area (Å²) in [6, 6.07) is 17.9. The first-order valence-corrected chi connectivity index (χ1v) is 8.23. The fourth-order valence-electron chi connectivity index (χ4n) is 3.08. The zero-order chi connectivity index (χ0) is 16.9. The Kier molecular flexibility index (Phi) is 4.93. The SMILES string of the molecule is CC(=O)c1ccc(N2CCN(Cc3ccccc3C#N)CC2)cc1. The van der Waals surface area contributed by atoms with Gasteiger partial charge in [0.25, 0.3) is 0 Å². The summed E-state index contributed by atoms with van der Waals surface area (Å²) in [4.78, 5) is 16.1. The molecule has 1 saturated heterocycles. The maximum Gasteiger partial charge on any atom is 0.159 e. The van der Waals surface area contributed by atoms with Gasteiger partial charge in [0.15, 0.2) is 5.78 Å². The monoisotopic (exact) mass is 319 g/mol. The van der Waals surface area contributed by atoms with E-state index >= 15 is 0 Å². The van der Waals surface area contributed by atoms with Crippen LogP contribution in [0, 0.1) is 11.3 Å². The number of anilines is 1. The summed E-state index contributed by atoms with van der Waals surface area (Å²) in [5.74, 6) is 0.0996. The van der Waals surface area contributed by atoms with E-state index in [0.29, 0.717) is 0 Å². The van der Waals surface area contributed by atoms with Crippen LogP contribution in [-0.2, 0) is 6.54 Å². The fraction of sp³-hybridized carbons (Fsp3) is 0.300. The Bertz CT molecular complexity index is 753. The molecule has 0 radical (unpaired) electrons. The van der Waals surface area contributed by atoms with Crippen LogP contribution < -0.4 is 4.90 Å². The normalized spacial score (nSPS) is 15.1. The van der Waals surface area contributed by atoms with E-state index in [4.69, 9.17) is 0 Å². The van der Waals surface area contributed by atoms with Crippen LogP contribution in [0.1, 0.15) is 28.4 Å². The van der Waals surface area contributed by atoms with Gasteiger partial charge in [-0.05, 0) is 42.8 Å². The summed E-state index contributed by atoms with van der Waals surface area (Å²) in [6.07, 6.45) is 0. The van der Waals surface area contributed by atoms with Gasteiger partial charge in [0.2, 0.25) is 0 Å². The molecule has 0 aliphatic carbocycles. The number of benzene rings is 2. The highest BCUT2D eigenvalue weighted by molar-refractivity contribution is 5.94. The van der Waals surface area contributed by atoms with Gasteiger partial charge in [0.1, 0.15) is 0 Å². The second kappa shape index (κ2) is 7.29. The molecule has 0 amide bonds. The third-order valence-electron chi connectivity index (χ3n) is 4.54. The predicted molar refractivity (Wildman–Crippen MR) is 95.1 cm³/mol. The Labute approximate surface area is 142 Å². The van der Waals surface area contributed by atoms with Gasteiger partial charge < -0.3 is 4.90 Å². The summed E-state index contributed by atoms with van der Waals surface area (Å²) >= 11 is 0. The van der Waals surface area contributed by atoms with Crippen molar-refractivity contribution < 1.29 is 4.79 Å². The number of carbonyl (C=O) groups excluding carboxylic acids is 1. The van der Waals surface area contributed by atoms with Gasteiger partial charge in [-0.3, -0.25) is 9.69 Å². The number of hydrogen-bond donors (Lipinski definition) is 0. The van der Waals surface area contributed by atoms with Gasteiger partial charge in [-0.2, -0.15) is 5.26 Å². The Morgan fingerprint density at radius 2 is 1.71 bits per heavy atom. The first-order chi connectivity index (χ1) is 11.7. The second-order valence-electron chi connectivity index (χ2n) is 6.14. The summed E-state index contributed by atoms with van der Waals surface area (Å²) in [6.45, 7) is 6.25. The Balaban J connectivity index is 1.59. The van der Waals surface area contributed by atoms with E-state index in [1.165, 1.54) is 0 Å². The number of nitrogens with zero attached hydrogens (tertiary/aromatic N) is 3. The molecule has 0 saturated carbocycles. The van der Waals surface area contributed by atoms with Gasteiger partial charge in [-0.1, -0.05) is 18.2 Å². The molecule has 1 heterocycles. The van der Waals surface area contributed by atoms with Crippen molar-refractivity contribution in [3.05, 3.63) is 65.2 Å². The topological polar surface area (TPSA) is 47.3 Å². The molecule has 0 unspecified atom stereocenters. The van der Waals surface area contributed by atoms with E-state index < -0.39 is 0 Å². The fourth-order valence-corrected chi connectivity index (χ4v) is 3.08. The first-order valence-electron chi connectivity index (χ1n) is 8.23. The zero-order valence-corrected chi connectivity index (χ0v) is 13.9. The van der Waals surface area contributed by atoms with Crippen molar-refractivity contribution in [2.45, 2.75) is 13.5 Å². The largest absolute Gasteiger partial charge is 0.369 e. The van der Waals surface area contributed by atoms with Crippen LogP contribution in [0.5, 0.6) is 0 Å². The lowest BCUT2D eigenvalue weighted by Crippen LogP contribution is -2.46. The molecule has 122 valence electrons. The van der Waals surface area contributed by atoms with Crippen LogP contribution >= 0.6 is 0 Å². The molecule has 0 atom stereocenters. The highest BCUT2D eigenvalue weighted by atomic mass is 16.1. The van der Waals surface area contributed by atoms with Crippen LogP contribution in [0.2, 0.25) is 0 Å². The van der Waals surface area contributed by atoms with E-state index in [2.05, 4.69) is 15.9 Å². The van der Waals surface area contributed by atoms with Crippen LogP contribution in [0.15, 0.2) is 48.5 Å². The molecule has 4 nitrogen and oxygen atoms in total.